The van der Waals surface area contributed by atoms with Crippen LogP contribution in [0.2, 0.25) is 5.02 Å². The smallest absolute Gasteiger partial charge is 0.253 e. The third-order valence-corrected chi connectivity index (χ3v) is 8.14. The number of aryl methyl sites for hydroxylation is 1. The number of aromatic nitrogens is 5. The molecule has 8 heteroatoms. The highest BCUT2D eigenvalue weighted by molar-refractivity contribution is 6.31. The molecule has 2 aromatic heterocycles. The topological polar surface area (TPSA) is 79.7 Å². The second-order valence-electron chi connectivity index (χ2n) is 10.4. The van der Waals surface area contributed by atoms with Gasteiger partial charge in [-0.3, -0.25) is 9.69 Å². The molecule has 3 aromatic carbocycles. The van der Waals surface area contributed by atoms with Gasteiger partial charge in [0, 0.05) is 23.7 Å². The fourth-order valence-electron chi connectivity index (χ4n) is 5.79. The summed E-state index contributed by atoms with van der Waals surface area (Å²) in [5.74, 6) is 0.683. The van der Waals surface area contributed by atoms with Crippen molar-refractivity contribution >= 4 is 22.5 Å². The fraction of sp³-hybridized carbons (Fsp3) is 0.290. The molecule has 1 fully saturated rings. The number of nitrogens with one attached hydrogen (secondary N) is 1. The predicted molar refractivity (Wildman–Crippen MR) is 154 cm³/mol. The van der Waals surface area contributed by atoms with Gasteiger partial charge < -0.3 is 4.98 Å². The molecule has 2 heterocycles. The first kappa shape index (κ1) is 25.5. The average Bonchev–Trinajstić information content (AvgIpc) is 3.64. The summed E-state index contributed by atoms with van der Waals surface area (Å²) < 4.78 is 1.96. The van der Waals surface area contributed by atoms with Crippen LogP contribution in [0.4, 0.5) is 0 Å². The monoisotopic (exact) mass is 538 g/mol. The van der Waals surface area contributed by atoms with Crippen LogP contribution in [0.15, 0.2) is 83.7 Å². The Morgan fingerprint density at radius 1 is 1.00 bits per heavy atom. The van der Waals surface area contributed by atoms with E-state index >= 15 is 0 Å². The predicted octanol–water partition coefficient (Wildman–Crippen LogP) is 6.38. The summed E-state index contributed by atoms with van der Waals surface area (Å²) in [6, 6.07) is 25.9. The van der Waals surface area contributed by atoms with Gasteiger partial charge in [0.25, 0.3) is 5.56 Å². The standard InChI is InChI=1S/C31H31ClN6O/c1-21-10-9-14-23-18-26(31(39)33-28(21)23)29(30-34-35-36-38(30)25-15-6-7-16-25)37(19-22-11-3-2-4-12-22)20-24-13-5-8-17-27(24)32/h2-5,8-14,17-18,25,29H,6-7,15-16,19-20H2,1H3,(H,33,39). The second-order valence-corrected chi connectivity index (χ2v) is 10.8. The molecular formula is C31H31ClN6O. The Labute approximate surface area is 232 Å². The van der Waals surface area contributed by atoms with E-state index in [0.717, 1.165) is 53.3 Å². The summed E-state index contributed by atoms with van der Waals surface area (Å²) in [5.41, 5.74) is 4.46. The van der Waals surface area contributed by atoms with E-state index in [9.17, 15) is 4.79 Å². The van der Waals surface area contributed by atoms with Crippen LogP contribution in [-0.4, -0.2) is 30.1 Å². The Morgan fingerprint density at radius 2 is 1.77 bits per heavy atom. The number of halogens is 1. The Kier molecular flexibility index (Phi) is 7.26. The quantitative estimate of drug-likeness (QED) is 0.248. The van der Waals surface area contributed by atoms with Crippen LogP contribution < -0.4 is 5.56 Å². The molecule has 1 saturated carbocycles. The molecule has 0 aliphatic heterocycles. The zero-order valence-electron chi connectivity index (χ0n) is 21.9. The molecule has 7 nitrogen and oxygen atoms in total. The van der Waals surface area contributed by atoms with Crippen molar-refractivity contribution in [3.05, 3.63) is 122 Å². The van der Waals surface area contributed by atoms with Gasteiger partial charge in [-0.25, -0.2) is 4.68 Å². The molecule has 39 heavy (non-hydrogen) atoms. The number of fused-ring (bicyclic) bond motifs is 1. The highest BCUT2D eigenvalue weighted by atomic mass is 35.5. The van der Waals surface area contributed by atoms with Gasteiger partial charge in [0.2, 0.25) is 0 Å². The number of benzene rings is 3. The van der Waals surface area contributed by atoms with Crippen LogP contribution in [0, 0.1) is 6.92 Å². The normalized spacial score (nSPS) is 14.8. The lowest BCUT2D eigenvalue weighted by Crippen LogP contribution is -2.35. The van der Waals surface area contributed by atoms with Gasteiger partial charge in [0.05, 0.1) is 11.6 Å². The van der Waals surface area contributed by atoms with Crippen molar-refractivity contribution in [2.75, 3.05) is 0 Å². The van der Waals surface area contributed by atoms with Crippen molar-refractivity contribution in [2.24, 2.45) is 0 Å². The third kappa shape index (κ3) is 5.24. The molecule has 1 aliphatic rings. The molecule has 0 radical (unpaired) electrons. The van der Waals surface area contributed by atoms with Gasteiger partial charge in [-0.1, -0.05) is 91.2 Å². The number of hydrogen-bond donors (Lipinski definition) is 1. The molecule has 1 N–H and O–H groups in total. The van der Waals surface area contributed by atoms with Gasteiger partial charge in [0.15, 0.2) is 5.82 Å². The molecule has 0 spiro atoms. The average molecular weight is 539 g/mol. The molecule has 0 amide bonds. The molecule has 6 rings (SSSR count). The minimum Gasteiger partial charge on any atom is -0.321 e. The van der Waals surface area contributed by atoms with E-state index < -0.39 is 6.04 Å². The summed E-state index contributed by atoms with van der Waals surface area (Å²) >= 11 is 6.67. The van der Waals surface area contributed by atoms with Gasteiger partial charge >= 0.3 is 0 Å². The number of tetrazole rings is 1. The minimum absolute atomic E-state index is 0.139. The molecule has 198 valence electrons. The number of pyridine rings is 1. The Hall–Kier alpha value is -3.81. The number of H-pyrrole nitrogens is 1. The van der Waals surface area contributed by atoms with Crippen LogP contribution in [-0.2, 0) is 13.1 Å². The van der Waals surface area contributed by atoms with Crippen molar-refractivity contribution in [3.63, 3.8) is 0 Å². The summed E-state index contributed by atoms with van der Waals surface area (Å²) in [5, 5.41) is 14.8. The van der Waals surface area contributed by atoms with Gasteiger partial charge in [-0.2, -0.15) is 0 Å². The second kappa shape index (κ2) is 11.1. The van der Waals surface area contributed by atoms with E-state index in [1.807, 2.05) is 78.3 Å². The number of nitrogens with zero attached hydrogens (tertiary/aromatic N) is 5. The minimum atomic E-state index is -0.495. The maximum Gasteiger partial charge on any atom is 0.253 e. The highest BCUT2D eigenvalue weighted by Gasteiger charge is 2.33. The van der Waals surface area contributed by atoms with Crippen molar-refractivity contribution < 1.29 is 0 Å². The number of aromatic amines is 1. The van der Waals surface area contributed by atoms with Crippen LogP contribution in [0.3, 0.4) is 0 Å². The zero-order valence-corrected chi connectivity index (χ0v) is 22.7. The molecule has 1 atom stereocenters. The SMILES string of the molecule is Cc1cccc2cc(C(c3nnnn3C3CCCC3)N(Cc3ccccc3)Cc3ccccc3Cl)c(=O)[nH]c12. The van der Waals surface area contributed by atoms with Crippen LogP contribution >= 0.6 is 11.6 Å². The van der Waals surface area contributed by atoms with Crippen molar-refractivity contribution in [2.45, 2.75) is 57.8 Å². The maximum atomic E-state index is 13.8. The fourth-order valence-corrected chi connectivity index (χ4v) is 5.99. The first-order valence-electron chi connectivity index (χ1n) is 13.5. The Bertz CT molecular complexity index is 1640. The van der Waals surface area contributed by atoms with E-state index in [0.29, 0.717) is 29.5 Å². The van der Waals surface area contributed by atoms with Gasteiger partial charge in [-0.05, 0) is 64.4 Å². The Balaban J connectivity index is 1.55. The summed E-state index contributed by atoms with van der Waals surface area (Å²) in [4.78, 5) is 19.3. The molecule has 1 unspecified atom stereocenters. The molecule has 0 bridgehead atoms. The molecule has 0 saturated heterocycles. The maximum absolute atomic E-state index is 13.8. The van der Waals surface area contributed by atoms with E-state index in [-0.39, 0.29) is 11.6 Å². The van der Waals surface area contributed by atoms with Crippen LogP contribution in [0.5, 0.6) is 0 Å². The van der Waals surface area contributed by atoms with E-state index in [1.54, 1.807) is 0 Å². The van der Waals surface area contributed by atoms with E-state index in [1.165, 1.54) is 0 Å². The van der Waals surface area contributed by atoms with Crippen molar-refractivity contribution in [1.82, 2.24) is 30.1 Å². The zero-order chi connectivity index (χ0) is 26.8. The van der Waals surface area contributed by atoms with Crippen LogP contribution in [0.1, 0.15) is 65.8 Å². The lowest BCUT2D eigenvalue weighted by atomic mass is 10.00. The van der Waals surface area contributed by atoms with Gasteiger partial charge in [0.1, 0.15) is 6.04 Å². The number of para-hydroxylation sites is 1. The lowest BCUT2D eigenvalue weighted by molar-refractivity contribution is 0.190. The summed E-state index contributed by atoms with van der Waals surface area (Å²) in [6.07, 6.45) is 4.36. The molecular weight excluding hydrogens is 508 g/mol. The van der Waals surface area contributed by atoms with Crippen molar-refractivity contribution in [1.29, 1.82) is 0 Å². The lowest BCUT2D eigenvalue weighted by Gasteiger charge is -2.32. The number of rotatable bonds is 8. The highest BCUT2D eigenvalue weighted by Crippen LogP contribution is 2.35. The van der Waals surface area contributed by atoms with Crippen molar-refractivity contribution in [3.8, 4) is 0 Å². The summed E-state index contributed by atoms with van der Waals surface area (Å²) in [7, 11) is 0. The van der Waals surface area contributed by atoms with E-state index in [2.05, 4.69) is 37.5 Å². The number of hydrogen-bond acceptors (Lipinski definition) is 5. The molecule has 1 aliphatic carbocycles. The molecule has 5 aromatic rings. The van der Waals surface area contributed by atoms with Gasteiger partial charge in [-0.15, -0.1) is 5.10 Å². The third-order valence-electron chi connectivity index (χ3n) is 7.77. The first-order valence-corrected chi connectivity index (χ1v) is 13.9. The van der Waals surface area contributed by atoms with Crippen LogP contribution in [0.25, 0.3) is 10.9 Å². The first-order chi connectivity index (χ1) is 19.1. The van der Waals surface area contributed by atoms with E-state index in [4.69, 9.17) is 11.6 Å². The summed E-state index contributed by atoms with van der Waals surface area (Å²) in [6.45, 7) is 3.11. The largest absolute Gasteiger partial charge is 0.321 e. The Morgan fingerprint density at radius 3 is 2.56 bits per heavy atom.